The van der Waals surface area contributed by atoms with Crippen molar-refractivity contribution < 1.29 is 17.9 Å². The molecule has 0 radical (unpaired) electrons. The maximum absolute atomic E-state index is 13.0. The minimum absolute atomic E-state index is 0.0852. The Hall–Kier alpha value is -2.18. The third-order valence-corrected chi connectivity index (χ3v) is 5.36. The van der Waals surface area contributed by atoms with E-state index in [-0.39, 0.29) is 11.4 Å². The fourth-order valence-electron chi connectivity index (χ4n) is 2.20. The first-order chi connectivity index (χ1) is 11.4. The van der Waals surface area contributed by atoms with Gasteiger partial charge >= 0.3 is 0 Å². The van der Waals surface area contributed by atoms with Crippen LogP contribution in [0.15, 0.2) is 60.0 Å². The summed E-state index contributed by atoms with van der Waals surface area (Å²) in [5.41, 5.74) is 0.456. The van der Waals surface area contributed by atoms with Gasteiger partial charge in [-0.25, -0.2) is 8.42 Å². The number of nitrogens with zero attached hydrogens (tertiary/aromatic N) is 1. The van der Waals surface area contributed by atoms with Gasteiger partial charge in [-0.3, -0.25) is 4.31 Å². The van der Waals surface area contributed by atoms with Crippen molar-refractivity contribution in [1.29, 1.82) is 0 Å². The average Bonchev–Trinajstić information content (AvgIpc) is 2.58. The summed E-state index contributed by atoms with van der Waals surface area (Å²) in [6.45, 7) is 3.74. The zero-order valence-corrected chi connectivity index (χ0v) is 15.0. The Morgan fingerprint density at radius 2 is 1.83 bits per heavy atom. The van der Waals surface area contributed by atoms with Gasteiger partial charge in [0.1, 0.15) is 0 Å². The molecular formula is C17H18ClNO4S. The molecule has 0 saturated carbocycles. The predicted molar refractivity (Wildman–Crippen MR) is 95.7 cm³/mol. The molecule has 0 heterocycles. The summed E-state index contributed by atoms with van der Waals surface area (Å²) in [6.07, 6.45) is 1.51. The molecule has 2 aromatic carbocycles. The Balaban J connectivity index is 2.54. The molecule has 128 valence electrons. The number of rotatable bonds is 7. The standard InChI is InChI=1S/C17H18ClNO4S/c1-4-10-19(14-7-5-6-13(18)11-14)24(20,21)15-8-9-16(22-2)17(12-15)23-3/h4-9,11-12H,1,10H2,2-3H3. The van der Waals surface area contributed by atoms with Crippen molar-refractivity contribution in [2.75, 3.05) is 25.1 Å². The van der Waals surface area contributed by atoms with Gasteiger partial charge in [0.05, 0.1) is 31.3 Å². The smallest absolute Gasteiger partial charge is 0.264 e. The molecule has 2 rings (SSSR count). The normalized spacial score (nSPS) is 11.0. The third kappa shape index (κ3) is 3.66. The van der Waals surface area contributed by atoms with Gasteiger partial charge in [-0.15, -0.1) is 6.58 Å². The lowest BCUT2D eigenvalue weighted by molar-refractivity contribution is 0.354. The quantitative estimate of drug-likeness (QED) is 0.699. The second-order valence-corrected chi connectivity index (χ2v) is 7.12. The van der Waals surface area contributed by atoms with Crippen LogP contribution < -0.4 is 13.8 Å². The molecule has 0 aliphatic rings. The second-order valence-electron chi connectivity index (χ2n) is 4.82. The Morgan fingerprint density at radius 3 is 2.42 bits per heavy atom. The number of sulfonamides is 1. The number of methoxy groups -OCH3 is 2. The summed E-state index contributed by atoms with van der Waals surface area (Å²) in [4.78, 5) is 0.0852. The van der Waals surface area contributed by atoms with Crippen molar-refractivity contribution in [1.82, 2.24) is 0 Å². The van der Waals surface area contributed by atoms with Crippen LogP contribution in [-0.2, 0) is 10.0 Å². The van der Waals surface area contributed by atoms with Gasteiger partial charge in [0.2, 0.25) is 0 Å². The summed E-state index contributed by atoms with van der Waals surface area (Å²) < 4.78 is 37.6. The molecule has 0 saturated heterocycles. The van der Waals surface area contributed by atoms with E-state index in [1.807, 2.05) is 0 Å². The molecule has 0 amide bonds. The lowest BCUT2D eigenvalue weighted by Crippen LogP contribution is -2.31. The highest BCUT2D eigenvalue weighted by molar-refractivity contribution is 7.92. The predicted octanol–water partition coefficient (Wildman–Crippen LogP) is 3.74. The molecule has 0 atom stereocenters. The highest BCUT2D eigenvalue weighted by atomic mass is 35.5. The van der Waals surface area contributed by atoms with Crippen LogP contribution >= 0.6 is 11.6 Å². The van der Waals surface area contributed by atoms with Gasteiger partial charge in [-0.2, -0.15) is 0 Å². The van der Waals surface area contributed by atoms with Crippen molar-refractivity contribution >= 4 is 27.3 Å². The van der Waals surface area contributed by atoms with Crippen LogP contribution in [0.5, 0.6) is 11.5 Å². The zero-order chi connectivity index (χ0) is 17.7. The molecule has 0 unspecified atom stereocenters. The van der Waals surface area contributed by atoms with Crippen LogP contribution in [0.4, 0.5) is 5.69 Å². The van der Waals surface area contributed by atoms with E-state index in [9.17, 15) is 8.42 Å². The van der Waals surface area contributed by atoms with Gasteiger partial charge in [0.25, 0.3) is 10.0 Å². The van der Waals surface area contributed by atoms with Gasteiger partial charge in [0, 0.05) is 11.1 Å². The molecular weight excluding hydrogens is 350 g/mol. The Morgan fingerprint density at radius 1 is 1.12 bits per heavy atom. The van der Waals surface area contributed by atoms with Crippen molar-refractivity contribution in [2.45, 2.75) is 4.90 Å². The van der Waals surface area contributed by atoms with Crippen LogP contribution in [0, 0.1) is 0 Å². The highest BCUT2D eigenvalue weighted by Crippen LogP contribution is 2.32. The van der Waals surface area contributed by atoms with E-state index < -0.39 is 10.0 Å². The molecule has 0 fully saturated rings. The van der Waals surface area contributed by atoms with E-state index in [4.69, 9.17) is 21.1 Å². The number of halogens is 1. The number of ether oxygens (including phenoxy) is 2. The third-order valence-electron chi connectivity index (χ3n) is 3.33. The van der Waals surface area contributed by atoms with Gasteiger partial charge in [0.15, 0.2) is 11.5 Å². The molecule has 0 aliphatic heterocycles. The van der Waals surface area contributed by atoms with Crippen LogP contribution in [0.3, 0.4) is 0 Å². The highest BCUT2D eigenvalue weighted by Gasteiger charge is 2.25. The van der Waals surface area contributed by atoms with Crippen LogP contribution in [-0.4, -0.2) is 29.2 Å². The fraction of sp³-hybridized carbons (Fsp3) is 0.176. The Labute approximate surface area is 147 Å². The van der Waals surface area contributed by atoms with Crippen molar-refractivity contribution in [2.24, 2.45) is 0 Å². The largest absolute Gasteiger partial charge is 0.493 e. The lowest BCUT2D eigenvalue weighted by atomic mass is 10.3. The summed E-state index contributed by atoms with van der Waals surface area (Å²) in [6, 6.07) is 11.1. The molecule has 7 heteroatoms. The first kappa shape index (κ1) is 18.2. The van der Waals surface area contributed by atoms with E-state index in [2.05, 4.69) is 6.58 Å². The first-order valence-corrected chi connectivity index (χ1v) is 8.87. The zero-order valence-electron chi connectivity index (χ0n) is 13.4. The molecule has 2 aromatic rings. The minimum atomic E-state index is -3.82. The summed E-state index contributed by atoms with van der Waals surface area (Å²) in [7, 11) is -0.883. The van der Waals surface area contributed by atoms with Crippen molar-refractivity contribution in [3.05, 3.63) is 60.1 Å². The van der Waals surface area contributed by atoms with Gasteiger partial charge < -0.3 is 9.47 Å². The average molecular weight is 368 g/mol. The van der Waals surface area contributed by atoms with E-state index in [1.165, 1.54) is 36.7 Å². The molecule has 0 N–H and O–H groups in total. The lowest BCUT2D eigenvalue weighted by Gasteiger charge is -2.23. The molecule has 5 nitrogen and oxygen atoms in total. The van der Waals surface area contributed by atoms with Gasteiger partial charge in [-0.1, -0.05) is 23.7 Å². The summed E-state index contributed by atoms with van der Waals surface area (Å²) in [5.74, 6) is 0.790. The van der Waals surface area contributed by atoms with Crippen LogP contribution in [0.2, 0.25) is 5.02 Å². The van der Waals surface area contributed by atoms with Crippen molar-refractivity contribution in [3.63, 3.8) is 0 Å². The first-order valence-electron chi connectivity index (χ1n) is 7.05. The number of hydrogen-bond acceptors (Lipinski definition) is 4. The molecule has 0 aliphatic carbocycles. The van der Waals surface area contributed by atoms with Crippen LogP contribution in [0.25, 0.3) is 0 Å². The maximum atomic E-state index is 13.0. The van der Waals surface area contributed by atoms with E-state index >= 15 is 0 Å². The number of anilines is 1. The molecule has 24 heavy (non-hydrogen) atoms. The number of benzene rings is 2. The molecule has 0 spiro atoms. The second kappa shape index (κ2) is 7.59. The molecule has 0 aromatic heterocycles. The molecule has 0 bridgehead atoms. The topological polar surface area (TPSA) is 55.8 Å². The van der Waals surface area contributed by atoms with Crippen LogP contribution in [0.1, 0.15) is 0 Å². The monoisotopic (exact) mass is 367 g/mol. The Bertz CT molecular complexity index is 836. The minimum Gasteiger partial charge on any atom is -0.493 e. The maximum Gasteiger partial charge on any atom is 0.264 e. The van der Waals surface area contributed by atoms with Crippen molar-refractivity contribution in [3.8, 4) is 11.5 Å². The van der Waals surface area contributed by atoms with Gasteiger partial charge in [-0.05, 0) is 30.3 Å². The SMILES string of the molecule is C=CCN(c1cccc(Cl)c1)S(=O)(=O)c1ccc(OC)c(OC)c1. The van der Waals surface area contributed by atoms with E-state index in [1.54, 1.807) is 30.3 Å². The number of hydrogen-bond donors (Lipinski definition) is 0. The summed E-state index contributed by atoms with van der Waals surface area (Å²) >= 11 is 5.99. The van der Waals surface area contributed by atoms with E-state index in [0.717, 1.165) is 0 Å². The Kier molecular flexibility index (Phi) is 5.75. The fourth-order valence-corrected chi connectivity index (χ4v) is 3.82. The summed E-state index contributed by atoms with van der Waals surface area (Å²) in [5, 5.41) is 0.448. The van der Waals surface area contributed by atoms with E-state index in [0.29, 0.717) is 22.2 Å².